The summed E-state index contributed by atoms with van der Waals surface area (Å²) in [5, 5.41) is 13.9. The maximum Gasteiger partial charge on any atom is 0.472 e. The van der Waals surface area contributed by atoms with E-state index >= 15 is 0 Å². The number of phosphoric ester groups is 1. The number of hydrogen-bond donors (Lipinski definition) is 3. The van der Waals surface area contributed by atoms with Crippen molar-refractivity contribution in [2.24, 2.45) is 0 Å². The van der Waals surface area contributed by atoms with Gasteiger partial charge in [0.25, 0.3) is 0 Å². The molecule has 0 aliphatic heterocycles. The number of hydrogen-bond acceptors (Lipinski definition) is 5. The molecule has 68 heavy (non-hydrogen) atoms. The molecule has 0 aromatic rings. The minimum atomic E-state index is -4.34. The number of quaternary nitrogens is 1. The lowest BCUT2D eigenvalue weighted by molar-refractivity contribution is -0.870. The molecule has 9 heteroatoms. The molecule has 3 unspecified atom stereocenters. The summed E-state index contributed by atoms with van der Waals surface area (Å²) in [6.07, 6.45) is 64.2. The SMILES string of the molecule is CCCCCCCCCCCCCC/C=C\CCCCCCCCCCCCCC(=O)NC(COP(=O)(O)OCC[N+](C)(C)C)C(O)/C=C/CCCCCCCCCCCCCCCCCCC. The Kier molecular flexibility index (Phi) is 50.1. The summed E-state index contributed by atoms with van der Waals surface area (Å²) < 4.78 is 23.7. The summed E-state index contributed by atoms with van der Waals surface area (Å²) in [6, 6.07) is -0.845. The Bertz CT molecular complexity index is 1160. The third-order valence-corrected chi connectivity index (χ3v) is 14.6. The van der Waals surface area contributed by atoms with E-state index in [1.54, 1.807) is 6.08 Å². The van der Waals surface area contributed by atoms with Crippen LogP contribution in [0.3, 0.4) is 0 Å². The minimum Gasteiger partial charge on any atom is -0.387 e. The molecule has 1 amide bonds. The van der Waals surface area contributed by atoms with Crippen LogP contribution in [0.2, 0.25) is 0 Å². The van der Waals surface area contributed by atoms with Crippen molar-refractivity contribution in [1.29, 1.82) is 0 Å². The normalized spacial score (nSPS) is 14.0. The van der Waals surface area contributed by atoms with E-state index in [0.717, 1.165) is 38.5 Å². The van der Waals surface area contributed by atoms with E-state index in [1.165, 1.54) is 238 Å². The minimum absolute atomic E-state index is 0.0632. The second-order valence-corrected chi connectivity index (χ2v) is 23.2. The van der Waals surface area contributed by atoms with E-state index in [0.29, 0.717) is 17.4 Å². The van der Waals surface area contributed by atoms with Gasteiger partial charge in [0.2, 0.25) is 5.91 Å². The van der Waals surface area contributed by atoms with E-state index in [1.807, 2.05) is 27.2 Å². The Morgan fingerprint density at radius 1 is 0.485 bits per heavy atom. The highest BCUT2D eigenvalue weighted by Crippen LogP contribution is 2.43. The molecule has 0 bridgehead atoms. The van der Waals surface area contributed by atoms with E-state index in [4.69, 9.17) is 9.05 Å². The van der Waals surface area contributed by atoms with E-state index < -0.39 is 20.0 Å². The lowest BCUT2D eigenvalue weighted by Crippen LogP contribution is -2.45. The number of nitrogens with one attached hydrogen (secondary N) is 1. The van der Waals surface area contributed by atoms with Gasteiger partial charge in [0.1, 0.15) is 13.2 Å². The molecular weight excluding hydrogens is 864 g/mol. The zero-order valence-electron chi connectivity index (χ0n) is 46.1. The number of rotatable bonds is 55. The van der Waals surface area contributed by atoms with Crippen molar-refractivity contribution in [3.8, 4) is 0 Å². The molecule has 0 heterocycles. The van der Waals surface area contributed by atoms with Crippen LogP contribution < -0.4 is 5.32 Å². The monoisotopic (exact) mass is 982 g/mol. The van der Waals surface area contributed by atoms with Crippen LogP contribution in [0.5, 0.6) is 0 Å². The lowest BCUT2D eigenvalue weighted by atomic mass is 10.0. The molecule has 3 N–H and O–H groups in total. The van der Waals surface area contributed by atoms with Gasteiger partial charge in [-0.3, -0.25) is 13.8 Å². The predicted molar refractivity (Wildman–Crippen MR) is 295 cm³/mol. The van der Waals surface area contributed by atoms with Crippen molar-refractivity contribution in [2.45, 2.75) is 309 Å². The highest BCUT2D eigenvalue weighted by atomic mass is 31.2. The number of carbonyl (C=O) groups is 1. The zero-order chi connectivity index (χ0) is 49.9. The van der Waals surface area contributed by atoms with Crippen molar-refractivity contribution in [3.63, 3.8) is 0 Å². The summed E-state index contributed by atoms with van der Waals surface area (Å²) in [6.45, 7) is 4.86. The first kappa shape index (κ1) is 67.0. The average molecular weight is 983 g/mol. The molecule has 0 aliphatic carbocycles. The fraction of sp³-hybridized carbons (Fsp3) is 0.915. The molecule has 0 spiro atoms. The summed E-state index contributed by atoms with van der Waals surface area (Å²) in [4.78, 5) is 23.3. The van der Waals surface area contributed by atoms with Gasteiger partial charge in [-0.2, -0.15) is 0 Å². The molecule has 0 radical (unpaired) electrons. The molecule has 404 valence electrons. The maximum atomic E-state index is 13.0. The first-order valence-corrected chi connectivity index (χ1v) is 31.2. The van der Waals surface area contributed by atoms with Crippen LogP contribution in [0, 0.1) is 0 Å². The Morgan fingerprint density at radius 2 is 0.794 bits per heavy atom. The largest absolute Gasteiger partial charge is 0.472 e. The van der Waals surface area contributed by atoms with Crippen LogP contribution in [0.25, 0.3) is 0 Å². The summed E-state index contributed by atoms with van der Waals surface area (Å²) in [5.74, 6) is -0.173. The molecule has 0 aromatic carbocycles. The first-order valence-electron chi connectivity index (χ1n) is 29.7. The van der Waals surface area contributed by atoms with Gasteiger partial charge in [-0.15, -0.1) is 0 Å². The van der Waals surface area contributed by atoms with Gasteiger partial charge in [-0.1, -0.05) is 269 Å². The van der Waals surface area contributed by atoms with Crippen LogP contribution in [0.15, 0.2) is 24.3 Å². The molecule has 8 nitrogen and oxygen atoms in total. The van der Waals surface area contributed by atoms with Crippen molar-refractivity contribution in [2.75, 3.05) is 40.9 Å². The number of likely N-dealkylation sites (N-methyl/N-ethyl adjacent to an activating group) is 1. The van der Waals surface area contributed by atoms with Gasteiger partial charge < -0.3 is 19.8 Å². The van der Waals surface area contributed by atoms with Crippen molar-refractivity contribution in [3.05, 3.63) is 24.3 Å². The molecule has 0 rings (SSSR count). The van der Waals surface area contributed by atoms with Gasteiger partial charge in [-0.25, -0.2) is 4.57 Å². The molecule has 0 aliphatic rings. The fourth-order valence-electron chi connectivity index (χ4n) is 8.98. The lowest BCUT2D eigenvalue weighted by Gasteiger charge is -2.25. The highest BCUT2D eigenvalue weighted by molar-refractivity contribution is 7.47. The first-order chi connectivity index (χ1) is 33.0. The number of allylic oxidation sites excluding steroid dienone is 3. The molecule has 3 atom stereocenters. The average Bonchev–Trinajstić information content (AvgIpc) is 3.30. The molecular formula is C59H118N2O6P+. The van der Waals surface area contributed by atoms with Crippen LogP contribution in [0.4, 0.5) is 0 Å². The van der Waals surface area contributed by atoms with Gasteiger partial charge in [0, 0.05) is 6.42 Å². The Hall–Kier alpha value is -1.02. The number of nitrogens with zero attached hydrogens (tertiary/aromatic N) is 1. The Balaban J connectivity index is 4.15. The van der Waals surface area contributed by atoms with E-state index in [2.05, 4.69) is 31.3 Å². The second-order valence-electron chi connectivity index (χ2n) is 21.7. The van der Waals surface area contributed by atoms with Crippen LogP contribution in [-0.4, -0.2) is 73.4 Å². The van der Waals surface area contributed by atoms with E-state index in [9.17, 15) is 19.4 Å². The number of unbranched alkanes of at least 4 members (excludes halogenated alkanes) is 40. The molecule has 0 aromatic heterocycles. The second kappa shape index (κ2) is 50.9. The Morgan fingerprint density at radius 3 is 1.13 bits per heavy atom. The number of aliphatic hydroxyl groups excluding tert-OH is 1. The number of amides is 1. The smallest absolute Gasteiger partial charge is 0.387 e. The molecule has 0 saturated heterocycles. The number of aliphatic hydroxyl groups is 1. The van der Waals surface area contributed by atoms with Crippen molar-refractivity contribution in [1.82, 2.24) is 5.32 Å². The van der Waals surface area contributed by atoms with Gasteiger partial charge in [0.05, 0.1) is 39.9 Å². The molecule has 0 fully saturated rings. The summed E-state index contributed by atoms with van der Waals surface area (Å²) >= 11 is 0. The van der Waals surface area contributed by atoms with E-state index in [-0.39, 0.29) is 19.1 Å². The Labute approximate surface area is 424 Å². The zero-order valence-corrected chi connectivity index (χ0v) is 47.0. The van der Waals surface area contributed by atoms with Crippen LogP contribution >= 0.6 is 7.82 Å². The van der Waals surface area contributed by atoms with Gasteiger partial charge >= 0.3 is 7.82 Å². The topological polar surface area (TPSA) is 105 Å². The van der Waals surface area contributed by atoms with Crippen LogP contribution in [0.1, 0.15) is 296 Å². The maximum absolute atomic E-state index is 13.0. The summed E-state index contributed by atoms with van der Waals surface area (Å²) in [5.41, 5.74) is 0. The standard InChI is InChI=1S/C59H117N2O6P/c1-6-8-10-12-14-16-18-20-22-24-26-27-28-29-30-31-32-33-35-37-39-41-43-45-47-49-51-53-59(63)60-57(56-67-68(64,65)66-55-54-61(3,4)5)58(62)52-50-48-46-44-42-40-38-36-34-25-23-21-19-17-15-13-11-9-7-2/h29-30,50,52,57-58,62H,6-28,31-49,51,53-56H2,1-5H3,(H-,60,63,64,65)/p+1/b30-29-,52-50+. The van der Waals surface area contributed by atoms with Gasteiger partial charge in [0.15, 0.2) is 0 Å². The third kappa shape index (κ3) is 52.8. The number of phosphoric acid groups is 1. The predicted octanol–water partition coefficient (Wildman–Crippen LogP) is 18.0. The molecule has 0 saturated carbocycles. The van der Waals surface area contributed by atoms with Gasteiger partial charge in [-0.05, 0) is 44.9 Å². The highest BCUT2D eigenvalue weighted by Gasteiger charge is 2.27. The number of carbonyl (C=O) groups excluding carboxylic acids is 1. The van der Waals surface area contributed by atoms with Crippen molar-refractivity contribution < 1.29 is 32.9 Å². The van der Waals surface area contributed by atoms with Crippen molar-refractivity contribution >= 4 is 13.7 Å². The summed E-state index contributed by atoms with van der Waals surface area (Å²) in [7, 11) is 1.58. The fourth-order valence-corrected chi connectivity index (χ4v) is 9.72. The quantitative estimate of drug-likeness (QED) is 0.0243. The third-order valence-electron chi connectivity index (χ3n) is 13.7. The van der Waals surface area contributed by atoms with Crippen LogP contribution in [-0.2, 0) is 18.4 Å².